The number of aliphatic hydroxyl groups excluding tert-OH is 1. The number of thiazole rings is 4. The summed E-state index contributed by atoms with van der Waals surface area (Å²) in [5.41, 5.74) is 11.2. The van der Waals surface area contributed by atoms with Crippen LogP contribution < -0.4 is 40.2 Å². The number of methoxy groups -OCH3 is 4. The van der Waals surface area contributed by atoms with E-state index in [0.29, 0.717) is 13.1 Å². The van der Waals surface area contributed by atoms with Crippen LogP contribution in [0.25, 0.3) is 83.2 Å². The van der Waals surface area contributed by atoms with Crippen LogP contribution in [0.15, 0.2) is 170 Å². The summed E-state index contributed by atoms with van der Waals surface area (Å²) in [6.07, 6.45) is -0.178. The molecule has 0 fully saturated rings. The molecule has 0 radical (unpaired) electrons. The predicted octanol–water partition coefficient (Wildman–Crippen LogP) is 14.2. The van der Waals surface area contributed by atoms with E-state index in [1.54, 1.807) is 73.8 Å². The lowest BCUT2D eigenvalue weighted by Gasteiger charge is -2.19. The minimum Gasteiger partial charge on any atom is -0.468 e. The third-order valence-electron chi connectivity index (χ3n) is 13.8. The van der Waals surface area contributed by atoms with E-state index in [1.165, 1.54) is 0 Å². The zero-order valence-corrected chi connectivity index (χ0v) is 54.8. The number of aliphatic hydroxyl groups is 1. The quantitative estimate of drug-likeness (QED) is 0.0208. The molecule has 0 aliphatic rings. The fourth-order valence-corrected chi connectivity index (χ4v) is 13.9. The van der Waals surface area contributed by atoms with Crippen molar-refractivity contribution in [1.82, 2.24) is 19.9 Å². The fourth-order valence-electron chi connectivity index (χ4n) is 9.30. The molecule has 476 valence electrons. The molecule has 0 saturated heterocycles. The van der Waals surface area contributed by atoms with Gasteiger partial charge in [-0.05, 0) is 170 Å². The fraction of sp³-hybridized carbons (Fsp3) is 0.224. The number of nitrogens with zero attached hydrogens (tertiary/aromatic N) is 4. The highest BCUT2D eigenvalue weighted by Gasteiger charge is 2.18. The molecule has 0 bridgehead atoms. The summed E-state index contributed by atoms with van der Waals surface area (Å²) in [7, 11) is 2.68. The van der Waals surface area contributed by atoms with Crippen LogP contribution in [-0.2, 0) is 33.2 Å². The van der Waals surface area contributed by atoms with Gasteiger partial charge in [-0.2, -0.15) is 8.42 Å². The molecule has 8 aromatic carbocycles. The Bertz CT molecular complexity index is 4210. The highest BCUT2D eigenvalue weighted by atomic mass is 32.2. The topological polar surface area (TPSA) is 237 Å². The lowest BCUT2D eigenvalue weighted by molar-refractivity contribution is 0.0511. The van der Waals surface area contributed by atoms with Crippen molar-refractivity contribution < 1.29 is 55.6 Å². The number of ether oxygens (including phenoxy) is 8. The molecule has 4 aromatic heterocycles. The standard InChI is InChI=1S/C34H34N4O7S3.C33H32N4O5S2/c1-41-20-43-26-12-14-29-31(16-26)46-33(37-29)22-4-8-24(9-5-22)35-18-28(45-48(3,39)40)19-36-25-10-6-23(7-11-25)34-38-30-15-13-27(44-21-42-2)17-32(30)47-34;1-39-19-41-26-11-13-28-30(15-26)43-32(36-28)21-3-7-23(8-4-21)34-17-25(38)18-35-24-9-5-22(6-10-24)33-37-29-14-12-27(42-20-40-2)16-31(29)44-33/h4-17,28,35-36H,18-21H2,1-3H3;3-16,25,34-35,38H,17-20H2,1-2H3. The highest BCUT2D eigenvalue weighted by Crippen LogP contribution is 2.37. The van der Waals surface area contributed by atoms with Crippen molar-refractivity contribution in [3.63, 3.8) is 0 Å². The number of rotatable bonds is 30. The van der Waals surface area contributed by atoms with Gasteiger partial charge in [0.25, 0.3) is 10.1 Å². The van der Waals surface area contributed by atoms with Crippen molar-refractivity contribution >= 4 is 119 Å². The summed E-state index contributed by atoms with van der Waals surface area (Å²) >= 11 is 6.39. The van der Waals surface area contributed by atoms with Crippen LogP contribution in [0.1, 0.15) is 0 Å². The second-order valence-corrected chi connectivity index (χ2v) is 26.4. The largest absolute Gasteiger partial charge is 0.468 e. The van der Waals surface area contributed by atoms with Gasteiger partial charge in [-0.15, -0.1) is 45.3 Å². The van der Waals surface area contributed by atoms with Crippen LogP contribution in [0.2, 0.25) is 0 Å². The molecule has 12 rings (SSSR count). The van der Waals surface area contributed by atoms with E-state index in [-0.39, 0.29) is 40.3 Å². The maximum Gasteiger partial charge on any atom is 0.264 e. The molecule has 0 aliphatic heterocycles. The Morgan fingerprint density at radius 2 is 0.630 bits per heavy atom. The second-order valence-electron chi connectivity index (χ2n) is 20.7. The Balaban J connectivity index is 0.000000189. The van der Waals surface area contributed by atoms with Gasteiger partial charge in [-0.1, -0.05) is 0 Å². The van der Waals surface area contributed by atoms with Gasteiger partial charge >= 0.3 is 0 Å². The second kappa shape index (κ2) is 31.2. The maximum absolute atomic E-state index is 12.0. The van der Waals surface area contributed by atoms with Crippen LogP contribution >= 0.6 is 45.3 Å². The molecule has 0 atom stereocenters. The van der Waals surface area contributed by atoms with E-state index >= 15 is 0 Å². The Morgan fingerprint density at radius 3 is 0.870 bits per heavy atom. The van der Waals surface area contributed by atoms with E-state index in [2.05, 4.69) is 21.3 Å². The zero-order valence-electron chi connectivity index (χ0n) is 50.7. The van der Waals surface area contributed by atoms with E-state index in [1.807, 2.05) is 170 Å². The van der Waals surface area contributed by atoms with E-state index in [4.69, 9.17) is 62.0 Å². The number of hydrogen-bond donors (Lipinski definition) is 5. The van der Waals surface area contributed by atoms with Crippen LogP contribution in [0.3, 0.4) is 0 Å². The number of hydrogen-bond acceptors (Lipinski definition) is 24. The lowest BCUT2D eigenvalue weighted by Crippen LogP contribution is -2.32. The van der Waals surface area contributed by atoms with E-state index < -0.39 is 22.3 Å². The summed E-state index contributed by atoms with van der Waals surface area (Å²) in [6, 6.07) is 55.0. The third-order valence-corrected chi connectivity index (χ3v) is 18.7. The van der Waals surface area contributed by atoms with Gasteiger partial charge < -0.3 is 64.3 Å². The van der Waals surface area contributed by atoms with Gasteiger partial charge in [0.05, 0.1) is 53.2 Å². The van der Waals surface area contributed by atoms with E-state index in [0.717, 1.165) is 135 Å². The van der Waals surface area contributed by atoms with Crippen LogP contribution in [0, 0.1) is 0 Å². The minimum atomic E-state index is -3.69. The minimum absolute atomic E-state index is 0.186. The molecule has 4 heterocycles. The maximum atomic E-state index is 12.0. The van der Waals surface area contributed by atoms with Crippen molar-refractivity contribution in [3.05, 3.63) is 170 Å². The van der Waals surface area contributed by atoms with E-state index in [9.17, 15) is 13.5 Å². The summed E-state index contributed by atoms with van der Waals surface area (Å²) in [5, 5.41) is 27.4. The van der Waals surface area contributed by atoms with Crippen LogP contribution in [-0.4, -0.2) is 134 Å². The van der Waals surface area contributed by atoms with Crippen LogP contribution in [0.5, 0.6) is 23.0 Å². The monoisotopic (exact) mass is 1330 g/mol. The summed E-state index contributed by atoms with van der Waals surface area (Å²) < 4.78 is 75.7. The SMILES string of the molecule is COCOc1ccc2nc(-c3ccc(NCC(CNc4ccc(-c5nc6ccc(OCOC)cc6s5)cc4)OS(C)(=O)=O)cc3)sc2c1.COCOc1ccc2nc(-c3ccc(NCC(O)CNc4ccc(-c5nc6ccc(OCOC)cc6s5)cc4)cc3)sc2c1. The molecule has 0 aliphatic carbocycles. The first-order valence-corrected chi connectivity index (χ1v) is 34.0. The highest BCUT2D eigenvalue weighted by molar-refractivity contribution is 7.86. The van der Waals surface area contributed by atoms with Gasteiger partial charge in [0.15, 0.2) is 27.2 Å². The Kier molecular flexibility index (Phi) is 22.0. The zero-order chi connectivity index (χ0) is 63.8. The first-order valence-electron chi connectivity index (χ1n) is 28.9. The molecule has 20 nitrogen and oxygen atoms in total. The van der Waals surface area contributed by atoms with Gasteiger partial charge in [0, 0.05) is 99.6 Å². The third kappa shape index (κ3) is 17.7. The normalized spacial score (nSPS) is 11.6. The first-order chi connectivity index (χ1) is 44.8. The Morgan fingerprint density at radius 1 is 0.380 bits per heavy atom. The van der Waals surface area contributed by atoms with Gasteiger partial charge in [-0.25, -0.2) is 19.9 Å². The molecule has 5 N–H and O–H groups in total. The lowest BCUT2D eigenvalue weighted by atomic mass is 10.2. The van der Waals surface area contributed by atoms with Crippen molar-refractivity contribution in [2.45, 2.75) is 12.2 Å². The van der Waals surface area contributed by atoms with Crippen molar-refractivity contribution in [1.29, 1.82) is 0 Å². The summed E-state index contributed by atoms with van der Waals surface area (Å²) in [4.78, 5) is 19.0. The van der Waals surface area contributed by atoms with Crippen molar-refractivity contribution in [3.8, 4) is 65.3 Å². The molecule has 0 amide bonds. The number of anilines is 4. The molecule has 0 unspecified atom stereocenters. The molecule has 0 saturated carbocycles. The van der Waals surface area contributed by atoms with Crippen molar-refractivity contribution in [2.75, 3.05) is 109 Å². The average Bonchev–Trinajstić information content (AvgIpc) is 1.91. The smallest absolute Gasteiger partial charge is 0.264 e. The molecule has 12 aromatic rings. The molecule has 92 heavy (non-hydrogen) atoms. The summed E-state index contributed by atoms with van der Waals surface area (Å²) in [6.45, 7) is 2.16. The molecular weight excluding hydrogens is 1270 g/mol. The Hall–Kier alpha value is -8.57. The van der Waals surface area contributed by atoms with Crippen molar-refractivity contribution in [2.24, 2.45) is 0 Å². The van der Waals surface area contributed by atoms with Crippen LogP contribution in [0.4, 0.5) is 22.7 Å². The predicted molar refractivity (Wildman–Crippen MR) is 370 cm³/mol. The number of fused-ring (bicyclic) bond motifs is 4. The molecule has 0 spiro atoms. The Labute approximate surface area is 547 Å². The number of benzene rings is 8. The number of nitrogens with one attached hydrogen (secondary N) is 4. The average molecular weight is 1340 g/mol. The molecule has 25 heteroatoms. The first kappa shape index (κ1) is 64.9. The van der Waals surface area contributed by atoms with Gasteiger partial charge in [0.1, 0.15) is 49.1 Å². The summed E-state index contributed by atoms with van der Waals surface area (Å²) in [5.74, 6) is 2.97. The molecular formula is C67H66N8O12S5. The van der Waals surface area contributed by atoms with Gasteiger partial charge in [0.2, 0.25) is 0 Å². The number of aromatic nitrogens is 4. The van der Waals surface area contributed by atoms with Gasteiger partial charge in [-0.3, -0.25) is 4.18 Å².